The molecule has 0 aromatic heterocycles. The number of fused-ring (bicyclic) bond motifs is 3. The first-order valence-corrected chi connectivity index (χ1v) is 9.97. The lowest BCUT2D eigenvalue weighted by atomic mass is 9.93. The normalized spacial score (nSPS) is 24.6. The average Bonchev–Trinajstić information content (AvgIpc) is 3.20. The van der Waals surface area contributed by atoms with E-state index in [-0.39, 0.29) is 29.7 Å². The highest BCUT2D eigenvalue weighted by Crippen LogP contribution is 2.40. The van der Waals surface area contributed by atoms with Gasteiger partial charge in [0.2, 0.25) is 5.91 Å². The minimum Gasteiger partial charge on any atom is -0.489 e. The quantitative estimate of drug-likeness (QED) is 0.818. The van der Waals surface area contributed by atoms with Gasteiger partial charge in [-0.2, -0.15) is 5.10 Å². The number of hydrazone groups is 1. The second-order valence-electron chi connectivity index (χ2n) is 7.44. The van der Waals surface area contributed by atoms with Crippen LogP contribution >= 0.6 is 0 Å². The summed E-state index contributed by atoms with van der Waals surface area (Å²) in [5.41, 5.74) is 6.97. The Kier molecular flexibility index (Phi) is 5.76. The molecule has 0 saturated carbocycles. The number of rotatable bonds is 2. The molecular formula is C22H25FN4O2. The third-order valence-corrected chi connectivity index (χ3v) is 5.50. The molecule has 152 valence electrons. The molecule has 3 aliphatic heterocycles. The maximum atomic E-state index is 13.4. The molecule has 1 saturated heterocycles. The third-order valence-electron chi connectivity index (χ3n) is 5.50. The lowest BCUT2D eigenvalue weighted by molar-refractivity contribution is -0.120. The molecule has 6 nitrogen and oxygen atoms in total. The Labute approximate surface area is 169 Å². The highest BCUT2D eigenvalue weighted by Gasteiger charge is 2.38. The predicted octanol–water partition coefficient (Wildman–Crippen LogP) is 2.79. The molecule has 2 aromatic carbocycles. The Balaban J connectivity index is 0.000000192. The number of piperidine rings is 1. The zero-order valence-corrected chi connectivity index (χ0v) is 16.1. The van der Waals surface area contributed by atoms with E-state index >= 15 is 0 Å². The zero-order valence-electron chi connectivity index (χ0n) is 16.1. The number of halogens is 1. The van der Waals surface area contributed by atoms with Crippen molar-refractivity contribution >= 4 is 17.8 Å². The standard InChI is InChI=1S/C16H13FN2O.C6H12N2O/c17-12-6-7-16-14(8-12)19-15(10-20-16)13(9-18-19)11-4-2-1-3-5-11;7-6(9)5-3-1-2-4-8-5/h1-9,13,15H,10H2;5,8H,1-4H2,(H2,7,9)/t13-,15?;/m1./s1. The summed E-state index contributed by atoms with van der Waals surface area (Å²) in [7, 11) is 0. The Morgan fingerprint density at radius 3 is 2.72 bits per heavy atom. The van der Waals surface area contributed by atoms with Gasteiger partial charge in [0, 0.05) is 18.2 Å². The molecule has 0 spiro atoms. The minimum atomic E-state index is -0.272. The Hall–Kier alpha value is -2.93. The summed E-state index contributed by atoms with van der Waals surface area (Å²) >= 11 is 0. The van der Waals surface area contributed by atoms with E-state index in [1.54, 1.807) is 6.07 Å². The summed E-state index contributed by atoms with van der Waals surface area (Å²) in [6.07, 6.45) is 5.13. The molecule has 3 aliphatic rings. The van der Waals surface area contributed by atoms with Crippen LogP contribution in [-0.4, -0.2) is 37.4 Å². The number of nitrogens with one attached hydrogen (secondary N) is 1. The van der Waals surface area contributed by atoms with Crippen molar-refractivity contribution in [3.63, 3.8) is 0 Å². The van der Waals surface area contributed by atoms with E-state index in [0.29, 0.717) is 18.0 Å². The van der Waals surface area contributed by atoms with Crippen LogP contribution < -0.4 is 20.8 Å². The predicted molar refractivity (Wildman–Crippen MR) is 111 cm³/mol. The van der Waals surface area contributed by atoms with E-state index < -0.39 is 0 Å². The van der Waals surface area contributed by atoms with Crippen molar-refractivity contribution in [2.45, 2.75) is 37.3 Å². The number of hydrogen-bond donors (Lipinski definition) is 2. The van der Waals surface area contributed by atoms with Gasteiger partial charge in [-0.05, 0) is 37.1 Å². The molecule has 2 unspecified atom stereocenters. The average molecular weight is 396 g/mol. The molecule has 3 N–H and O–H groups in total. The van der Waals surface area contributed by atoms with Crippen molar-refractivity contribution in [3.05, 3.63) is 59.9 Å². The maximum absolute atomic E-state index is 13.4. The van der Waals surface area contributed by atoms with Crippen molar-refractivity contribution in [2.24, 2.45) is 10.8 Å². The van der Waals surface area contributed by atoms with Crippen LogP contribution in [0, 0.1) is 5.82 Å². The van der Waals surface area contributed by atoms with E-state index in [9.17, 15) is 9.18 Å². The number of anilines is 1. The largest absolute Gasteiger partial charge is 0.489 e. The summed E-state index contributed by atoms with van der Waals surface area (Å²) in [6.45, 7) is 1.49. The Bertz CT molecular complexity index is 884. The smallest absolute Gasteiger partial charge is 0.234 e. The number of benzene rings is 2. The number of nitrogens with two attached hydrogens (primary N) is 1. The zero-order chi connectivity index (χ0) is 20.2. The SMILES string of the molecule is Fc1ccc2c(c1)N1N=C[C@H](c3ccccc3)C1CO2.NC(=O)C1CCCCN1. The molecule has 7 heteroatoms. The lowest BCUT2D eigenvalue weighted by Crippen LogP contribution is -2.44. The molecule has 0 aliphatic carbocycles. The molecule has 29 heavy (non-hydrogen) atoms. The Morgan fingerprint density at radius 1 is 1.21 bits per heavy atom. The number of amides is 1. The minimum absolute atomic E-state index is 0.0567. The van der Waals surface area contributed by atoms with Crippen molar-refractivity contribution < 1.29 is 13.9 Å². The van der Waals surface area contributed by atoms with Gasteiger partial charge in [-0.3, -0.25) is 9.80 Å². The summed E-state index contributed by atoms with van der Waals surface area (Å²) in [5.74, 6) is 0.377. The molecule has 5 rings (SSSR count). The van der Waals surface area contributed by atoms with Crippen LogP contribution in [0.2, 0.25) is 0 Å². The molecule has 2 aromatic rings. The van der Waals surface area contributed by atoms with Crippen molar-refractivity contribution in [1.29, 1.82) is 0 Å². The van der Waals surface area contributed by atoms with Gasteiger partial charge in [0.05, 0.1) is 12.1 Å². The van der Waals surface area contributed by atoms with Gasteiger partial charge in [-0.1, -0.05) is 36.8 Å². The van der Waals surface area contributed by atoms with Crippen LogP contribution in [0.25, 0.3) is 0 Å². The molecule has 3 atom stereocenters. The van der Waals surface area contributed by atoms with Gasteiger partial charge in [0.15, 0.2) is 0 Å². The van der Waals surface area contributed by atoms with Gasteiger partial charge in [-0.15, -0.1) is 0 Å². The highest BCUT2D eigenvalue weighted by atomic mass is 19.1. The monoisotopic (exact) mass is 396 g/mol. The summed E-state index contributed by atoms with van der Waals surface area (Å²) in [5, 5.41) is 9.38. The molecule has 0 radical (unpaired) electrons. The third kappa shape index (κ3) is 4.24. The van der Waals surface area contributed by atoms with E-state index in [2.05, 4.69) is 22.6 Å². The summed E-state index contributed by atoms with van der Waals surface area (Å²) in [4.78, 5) is 10.5. The first-order chi connectivity index (χ1) is 14.1. The number of primary amides is 1. The van der Waals surface area contributed by atoms with Gasteiger partial charge < -0.3 is 15.8 Å². The second-order valence-corrected chi connectivity index (χ2v) is 7.44. The molecule has 1 amide bonds. The van der Waals surface area contributed by atoms with Gasteiger partial charge >= 0.3 is 0 Å². The van der Waals surface area contributed by atoms with Gasteiger partial charge in [0.25, 0.3) is 0 Å². The summed E-state index contributed by atoms with van der Waals surface area (Å²) < 4.78 is 19.2. The van der Waals surface area contributed by atoms with Crippen LogP contribution in [0.4, 0.5) is 10.1 Å². The van der Waals surface area contributed by atoms with E-state index in [1.807, 2.05) is 29.4 Å². The second kappa shape index (κ2) is 8.61. The molecule has 1 fully saturated rings. The van der Waals surface area contributed by atoms with Crippen LogP contribution in [0.1, 0.15) is 30.7 Å². The van der Waals surface area contributed by atoms with E-state index in [1.165, 1.54) is 24.1 Å². The van der Waals surface area contributed by atoms with Crippen molar-refractivity contribution in [1.82, 2.24) is 5.32 Å². The number of nitrogens with zero attached hydrogens (tertiary/aromatic N) is 2. The fourth-order valence-corrected chi connectivity index (χ4v) is 3.94. The number of carbonyl (C=O) groups is 1. The molecule has 3 heterocycles. The highest BCUT2D eigenvalue weighted by molar-refractivity contribution is 5.80. The lowest BCUT2D eigenvalue weighted by Gasteiger charge is -2.33. The van der Waals surface area contributed by atoms with Gasteiger partial charge in [-0.25, -0.2) is 4.39 Å². The van der Waals surface area contributed by atoms with Crippen LogP contribution in [-0.2, 0) is 4.79 Å². The number of carbonyl (C=O) groups excluding carboxylic acids is 1. The number of ether oxygens (including phenoxy) is 1. The first-order valence-electron chi connectivity index (χ1n) is 9.97. The van der Waals surface area contributed by atoms with E-state index in [0.717, 1.165) is 19.4 Å². The first kappa shape index (κ1) is 19.4. The van der Waals surface area contributed by atoms with Gasteiger partial charge in [0.1, 0.15) is 23.9 Å². The van der Waals surface area contributed by atoms with Crippen molar-refractivity contribution in [3.8, 4) is 5.75 Å². The molecular weight excluding hydrogens is 371 g/mol. The van der Waals surface area contributed by atoms with Crippen LogP contribution in [0.5, 0.6) is 5.75 Å². The topological polar surface area (TPSA) is 79.9 Å². The van der Waals surface area contributed by atoms with Crippen LogP contribution in [0.3, 0.4) is 0 Å². The fourth-order valence-electron chi connectivity index (χ4n) is 3.94. The summed E-state index contributed by atoms with van der Waals surface area (Å²) in [6, 6.07) is 14.8. The van der Waals surface area contributed by atoms with E-state index in [4.69, 9.17) is 10.5 Å². The molecule has 0 bridgehead atoms. The fraction of sp³-hybridized carbons (Fsp3) is 0.364. The van der Waals surface area contributed by atoms with Crippen molar-refractivity contribution in [2.75, 3.05) is 18.2 Å². The number of hydrogen-bond acceptors (Lipinski definition) is 5. The Morgan fingerprint density at radius 2 is 2.03 bits per heavy atom. The van der Waals surface area contributed by atoms with Crippen LogP contribution in [0.15, 0.2) is 53.6 Å². The maximum Gasteiger partial charge on any atom is 0.234 e.